The number of anilines is 2. The van der Waals surface area contributed by atoms with Gasteiger partial charge in [-0.2, -0.15) is 9.78 Å². The van der Waals surface area contributed by atoms with Gasteiger partial charge < -0.3 is 10.2 Å². The van der Waals surface area contributed by atoms with E-state index < -0.39 is 0 Å². The van der Waals surface area contributed by atoms with Crippen LogP contribution >= 0.6 is 0 Å². The van der Waals surface area contributed by atoms with Gasteiger partial charge in [-0.3, -0.25) is 4.79 Å². The van der Waals surface area contributed by atoms with Crippen LogP contribution in [-0.4, -0.2) is 39.0 Å². The first kappa shape index (κ1) is 19.7. The van der Waals surface area contributed by atoms with Crippen molar-refractivity contribution in [2.75, 3.05) is 23.3 Å². The third kappa shape index (κ3) is 3.58. The van der Waals surface area contributed by atoms with Crippen LogP contribution in [0.2, 0.25) is 0 Å². The lowest BCUT2D eigenvalue weighted by atomic mass is 9.84. The number of nitrogens with zero attached hydrogens (tertiary/aromatic N) is 5. The molecule has 2 aliphatic heterocycles. The van der Waals surface area contributed by atoms with E-state index in [1.165, 1.54) is 30.4 Å². The van der Waals surface area contributed by atoms with Gasteiger partial charge in [0.1, 0.15) is 5.82 Å². The van der Waals surface area contributed by atoms with Gasteiger partial charge in [0.15, 0.2) is 11.6 Å². The van der Waals surface area contributed by atoms with Crippen molar-refractivity contribution in [1.29, 1.82) is 0 Å². The molecule has 7 nitrogen and oxygen atoms in total. The normalized spacial score (nSPS) is 18.6. The fourth-order valence-electron chi connectivity index (χ4n) is 4.70. The Morgan fingerprint density at radius 2 is 1.68 bits per heavy atom. The van der Waals surface area contributed by atoms with Crippen LogP contribution in [0.5, 0.6) is 0 Å². The molecule has 0 unspecified atom stereocenters. The Morgan fingerprint density at radius 3 is 2.39 bits per heavy atom. The van der Waals surface area contributed by atoms with Crippen molar-refractivity contribution >= 4 is 17.5 Å². The summed E-state index contributed by atoms with van der Waals surface area (Å²) >= 11 is 0. The highest BCUT2D eigenvalue weighted by molar-refractivity contribution is 5.95. The molecule has 0 spiro atoms. The summed E-state index contributed by atoms with van der Waals surface area (Å²) in [6.45, 7) is 8.26. The summed E-state index contributed by atoms with van der Waals surface area (Å²) < 4.78 is 1.72. The summed E-state index contributed by atoms with van der Waals surface area (Å²) in [5.74, 6) is 2.20. The highest BCUT2D eigenvalue weighted by Gasteiger charge is 2.33. The monoisotopic (exact) mass is 416 g/mol. The number of rotatable bonds is 3. The Balaban J connectivity index is 1.52. The molecule has 3 aromatic rings. The molecule has 1 atom stereocenters. The molecule has 1 amide bonds. The quantitative estimate of drug-likeness (QED) is 0.697. The number of fused-ring (bicyclic) bond motifs is 1. The zero-order valence-electron chi connectivity index (χ0n) is 18.4. The van der Waals surface area contributed by atoms with Crippen LogP contribution < -0.4 is 10.2 Å². The first-order valence-electron chi connectivity index (χ1n) is 11.1. The van der Waals surface area contributed by atoms with Crippen LogP contribution in [0.25, 0.3) is 5.82 Å². The number of hydrogen-bond acceptors (Lipinski definition) is 5. The molecule has 0 radical (unpaired) electrons. The molecule has 2 aliphatic rings. The number of carbonyl (C=O) groups excluding carboxylic acids is 1. The Morgan fingerprint density at radius 1 is 0.935 bits per heavy atom. The lowest BCUT2D eigenvalue weighted by Gasteiger charge is -2.27. The van der Waals surface area contributed by atoms with Gasteiger partial charge in [-0.25, -0.2) is 0 Å². The highest BCUT2D eigenvalue weighted by atomic mass is 16.1. The molecule has 0 bridgehead atoms. The molecule has 1 saturated heterocycles. The van der Waals surface area contributed by atoms with Crippen molar-refractivity contribution in [1.82, 2.24) is 20.0 Å². The predicted molar refractivity (Wildman–Crippen MR) is 121 cm³/mol. The van der Waals surface area contributed by atoms with Crippen LogP contribution in [-0.2, 0) is 4.79 Å². The Kier molecular flexibility index (Phi) is 4.96. The van der Waals surface area contributed by atoms with Gasteiger partial charge >= 0.3 is 0 Å². The van der Waals surface area contributed by atoms with E-state index in [0.29, 0.717) is 18.1 Å². The lowest BCUT2D eigenvalue weighted by molar-refractivity contribution is -0.116. The first-order valence-corrected chi connectivity index (χ1v) is 11.1. The van der Waals surface area contributed by atoms with Crippen molar-refractivity contribution in [3.8, 4) is 5.82 Å². The highest BCUT2D eigenvalue weighted by Crippen LogP contribution is 2.40. The van der Waals surface area contributed by atoms with Gasteiger partial charge in [-0.1, -0.05) is 18.2 Å². The zero-order valence-corrected chi connectivity index (χ0v) is 18.4. The van der Waals surface area contributed by atoms with Crippen LogP contribution in [0.3, 0.4) is 0 Å². The number of hydrogen-bond donors (Lipinski definition) is 1. The van der Waals surface area contributed by atoms with Crippen LogP contribution in [0.1, 0.15) is 59.5 Å². The van der Waals surface area contributed by atoms with E-state index in [1.807, 2.05) is 19.1 Å². The standard InChI is InChI=1S/C24H28N6O/c1-15-7-8-18(13-16(15)2)19-14-22(31)25-24-23(19)17(3)28-30(24)21-10-9-20(26-27-21)29-11-5-4-6-12-29/h7-10,13,19H,4-6,11-12,14H2,1-3H3,(H,25,31)/t19-/m1/s1. The van der Waals surface area contributed by atoms with E-state index in [2.05, 4.69) is 52.5 Å². The second-order valence-corrected chi connectivity index (χ2v) is 8.71. The van der Waals surface area contributed by atoms with E-state index in [9.17, 15) is 4.79 Å². The topological polar surface area (TPSA) is 75.9 Å². The minimum atomic E-state index is -0.0163. The molecule has 1 fully saturated rings. The third-order valence-corrected chi connectivity index (χ3v) is 6.57. The van der Waals surface area contributed by atoms with E-state index in [0.717, 1.165) is 35.7 Å². The average molecular weight is 417 g/mol. The fraction of sp³-hybridized carbons (Fsp3) is 0.417. The Hall–Kier alpha value is -3.22. The van der Waals surface area contributed by atoms with Crippen LogP contribution in [0, 0.1) is 20.8 Å². The molecule has 7 heteroatoms. The second-order valence-electron chi connectivity index (χ2n) is 8.71. The Bertz CT molecular complexity index is 1130. The number of aromatic nitrogens is 4. The SMILES string of the molecule is Cc1ccc([C@H]2CC(=O)Nc3c2c(C)nn3-c2ccc(N3CCCCC3)nn2)cc1C. The van der Waals surface area contributed by atoms with E-state index in [4.69, 9.17) is 5.10 Å². The molecule has 0 aliphatic carbocycles. The van der Waals surface area contributed by atoms with Gasteiger partial charge in [0.05, 0.1) is 5.69 Å². The third-order valence-electron chi connectivity index (χ3n) is 6.57. The van der Waals surface area contributed by atoms with Crippen molar-refractivity contribution < 1.29 is 4.79 Å². The van der Waals surface area contributed by atoms with Gasteiger partial charge in [0, 0.05) is 31.0 Å². The largest absolute Gasteiger partial charge is 0.355 e. The average Bonchev–Trinajstić information content (AvgIpc) is 3.12. The maximum atomic E-state index is 12.6. The zero-order chi connectivity index (χ0) is 21.5. The summed E-state index contributed by atoms with van der Waals surface area (Å²) in [5, 5.41) is 16.7. The lowest BCUT2D eigenvalue weighted by Crippen LogP contribution is -2.30. The molecule has 31 heavy (non-hydrogen) atoms. The van der Waals surface area contributed by atoms with Crippen molar-refractivity contribution in [2.24, 2.45) is 0 Å². The number of amides is 1. The fourth-order valence-corrected chi connectivity index (χ4v) is 4.70. The van der Waals surface area contributed by atoms with Crippen molar-refractivity contribution in [3.05, 3.63) is 58.3 Å². The van der Waals surface area contributed by atoms with Gasteiger partial charge in [0.2, 0.25) is 5.91 Å². The molecular formula is C24H28N6O. The second kappa shape index (κ2) is 7.80. The molecule has 1 N–H and O–H groups in total. The van der Waals surface area contributed by atoms with Gasteiger partial charge in [0.25, 0.3) is 0 Å². The van der Waals surface area contributed by atoms with E-state index in [-0.39, 0.29) is 11.8 Å². The molecule has 5 rings (SSSR count). The summed E-state index contributed by atoms with van der Waals surface area (Å²) in [6.07, 6.45) is 4.09. The number of aryl methyl sites for hydroxylation is 3. The van der Waals surface area contributed by atoms with Gasteiger partial charge in [-0.05, 0) is 68.9 Å². The summed E-state index contributed by atoms with van der Waals surface area (Å²) in [5.41, 5.74) is 5.59. The van der Waals surface area contributed by atoms with Crippen molar-refractivity contribution in [2.45, 2.75) is 52.4 Å². The smallest absolute Gasteiger partial charge is 0.226 e. The minimum absolute atomic E-state index is 0.00484. The minimum Gasteiger partial charge on any atom is -0.355 e. The maximum Gasteiger partial charge on any atom is 0.226 e. The molecule has 1 aromatic carbocycles. The Labute approximate surface area is 182 Å². The number of piperidine rings is 1. The van der Waals surface area contributed by atoms with E-state index in [1.54, 1.807) is 4.68 Å². The van der Waals surface area contributed by atoms with Gasteiger partial charge in [-0.15, -0.1) is 10.2 Å². The van der Waals surface area contributed by atoms with E-state index >= 15 is 0 Å². The number of carbonyl (C=O) groups is 1. The number of benzene rings is 1. The van der Waals surface area contributed by atoms with Crippen molar-refractivity contribution in [3.63, 3.8) is 0 Å². The molecule has 4 heterocycles. The number of nitrogens with one attached hydrogen (secondary N) is 1. The maximum absolute atomic E-state index is 12.6. The molecule has 160 valence electrons. The summed E-state index contributed by atoms with van der Waals surface area (Å²) in [4.78, 5) is 14.9. The first-order chi connectivity index (χ1) is 15.0. The summed E-state index contributed by atoms with van der Waals surface area (Å²) in [7, 11) is 0. The summed E-state index contributed by atoms with van der Waals surface area (Å²) in [6, 6.07) is 10.4. The molecule has 2 aromatic heterocycles. The predicted octanol–water partition coefficient (Wildman–Crippen LogP) is 4.05. The molecular weight excluding hydrogens is 388 g/mol. The van der Waals surface area contributed by atoms with Crippen LogP contribution in [0.15, 0.2) is 30.3 Å². The molecule has 0 saturated carbocycles. The van der Waals surface area contributed by atoms with Crippen LogP contribution in [0.4, 0.5) is 11.6 Å².